The molecule has 1 amide bonds. The molecule has 0 bridgehead atoms. The molecule has 4 nitrogen and oxygen atoms in total. The average molecular weight is 250 g/mol. The van der Waals surface area contributed by atoms with Crippen molar-refractivity contribution in [3.8, 4) is 0 Å². The van der Waals surface area contributed by atoms with E-state index in [4.69, 9.17) is 5.73 Å². The van der Waals surface area contributed by atoms with Crippen molar-refractivity contribution in [2.45, 2.75) is 25.4 Å². The van der Waals surface area contributed by atoms with E-state index in [2.05, 4.69) is 0 Å². The summed E-state index contributed by atoms with van der Waals surface area (Å²) in [7, 11) is 1.69. The largest absolute Gasteiger partial charge is 0.389 e. The molecule has 0 saturated carbocycles. The molecule has 100 valence electrons. The lowest BCUT2D eigenvalue weighted by Gasteiger charge is -2.28. The summed E-state index contributed by atoms with van der Waals surface area (Å²) in [6, 6.07) is 9.48. The average Bonchev–Trinajstić information content (AvgIpc) is 2.29. The topological polar surface area (TPSA) is 66.6 Å². The number of nitrogens with zero attached hydrogens (tertiary/aromatic N) is 1. The number of hydrogen-bond acceptors (Lipinski definition) is 3. The molecule has 1 aromatic carbocycles. The maximum atomic E-state index is 12.3. The molecule has 1 atom stereocenters. The Hall–Kier alpha value is -1.39. The molecular formula is C14H22N2O2. The van der Waals surface area contributed by atoms with Crippen molar-refractivity contribution in [1.82, 2.24) is 4.90 Å². The van der Waals surface area contributed by atoms with Crippen molar-refractivity contribution in [1.29, 1.82) is 0 Å². The fourth-order valence-electron chi connectivity index (χ4n) is 1.99. The molecule has 0 aliphatic rings. The summed E-state index contributed by atoms with van der Waals surface area (Å²) < 4.78 is 0. The lowest BCUT2D eigenvalue weighted by Crippen LogP contribution is -2.43. The van der Waals surface area contributed by atoms with Crippen molar-refractivity contribution >= 4 is 5.91 Å². The second-order valence-corrected chi connectivity index (χ2v) is 5.21. The Labute approximate surface area is 108 Å². The number of carbonyl (C=O) groups is 1. The third-order valence-electron chi connectivity index (χ3n) is 2.74. The van der Waals surface area contributed by atoms with Crippen LogP contribution in [0.3, 0.4) is 0 Å². The first-order valence-electron chi connectivity index (χ1n) is 6.07. The van der Waals surface area contributed by atoms with Crippen LogP contribution in [0.4, 0.5) is 0 Å². The minimum Gasteiger partial charge on any atom is -0.389 e. The zero-order valence-corrected chi connectivity index (χ0v) is 11.3. The Kier molecular flexibility index (Phi) is 4.87. The van der Waals surface area contributed by atoms with Gasteiger partial charge in [-0.2, -0.15) is 0 Å². The quantitative estimate of drug-likeness (QED) is 0.818. The summed E-state index contributed by atoms with van der Waals surface area (Å²) in [6.45, 7) is 3.90. The van der Waals surface area contributed by atoms with E-state index in [1.165, 1.54) is 4.90 Å². The summed E-state index contributed by atoms with van der Waals surface area (Å²) in [4.78, 5) is 13.8. The van der Waals surface area contributed by atoms with E-state index < -0.39 is 5.60 Å². The number of hydrogen-bond donors (Lipinski definition) is 2. The Morgan fingerprint density at radius 1 is 1.39 bits per heavy atom. The second kappa shape index (κ2) is 5.98. The first-order chi connectivity index (χ1) is 8.35. The van der Waals surface area contributed by atoms with Crippen LogP contribution < -0.4 is 5.73 Å². The van der Waals surface area contributed by atoms with Crippen LogP contribution in [0.15, 0.2) is 30.3 Å². The van der Waals surface area contributed by atoms with Gasteiger partial charge < -0.3 is 15.7 Å². The number of carbonyl (C=O) groups excluding carboxylic acids is 1. The minimum atomic E-state index is -0.903. The Bertz CT molecular complexity index is 385. The van der Waals surface area contributed by atoms with Gasteiger partial charge in [0.05, 0.1) is 11.5 Å². The van der Waals surface area contributed by atoms with Crippen LogP contribution >= 0.6 is 0 Å². The van der Waals surface area contributed by atoms with Gasteiger partial charge in [0, 0.05) is 20.1 Å². The summed E-state index contributed by atoms with van der Waals surface area (Å²) in [6.07, 6.45) is 0. The summed E-state index contributed by atoms with van der Waals surface area (Å²) in [5.41, 5.74) is 5.70. The molecule has 0 saturated heterocycles. The van der Waals surface area contributed by atoms with Crippen LogP contribution in [0.2, 0.25) is 0 Å². The molecule has 4 heteroatoms. The molecule has 0 aliphatic heterocycles. The lowest BCUT2D eigenvalue weighted by molar-refractivity contribution is -0.133. The molecular weight excluding hydrogens is 228 g/mol. The highest BCUT2D eigenvalue weighted by Gasteiger charge is 2.25. The SMILES string of the molecule is CN(CC(C)(C)O)C(=O)C(CN)c1ccccc1. The number of benzene rings is 1. The summed E-state index contributed by atoms with van der Waals surface area (Å²) >= 11 is 0. The van der Waals surface area contributed by atoms with E-state index in [1.807, 2.05) is 30.3 Å². The molecule has 3 N–H and O–H groups in total. The van der Waals surface area contributed by atoms with E-state index in [1.54, 1.807) is 20.9 Å². The molecule has 0 spiro atoms. The van der Waals surface area contributed by atoms with Gasteiger partial charge >= 0.3 is 0 Å². The fourth-order valence-corrected chi connectivity index (χ4v) is 1.99. The number of amides is 1. The van der Waals surface area contributed by atoms with Crippen molar-refractivity contribution in [2.75, 3.05) is 20.1 Å². The fraction of sp³-hybridized carbons (Fsp3) is 0.500. The Balaban J connectivity index is 2.80. The van der Waals surface area contributed by atoms with Crippen molar-refractivity contribution in [3.63, 3.8) is 0 Å². The number of aliphatic hydroxyl groups is 1. The van der Waals surface area contributed by atoms with Gasteiger partial charge in [-0.05, 0) is 19.4 Å². The highest BCUT2D eigenvalue weighted by Crippen LogP contribution is 2.17. The predicted molar refractivity (Wildman–Crippen MR) is 72.2 cm³/mol. The van der Waals surface area contributed by atoms with Gasteiger partial charge in [0.2, 0.25) is 5.91 Å². The van der Waals surface area contributed by atoms with Crippen LogP contribution in [0.5, 0.6) is 0 Å². The summed E-state index contributed by atoms with van der Waals surface area (Å²) in [5.74, 6) is -0.413. The van der Waals surface area contributed by atoms with Gasteiger partial charge in [-0.1, -0.05) is 30.3 Å². The smallest absolute Gasteiger partial charge is 0.231 e. The van der Waals surface area contributed by atoms with Crippen LogP contribution in [0, 0.1) is 0 Å². The number of rotatable bonds is 5. The normalized spacial score (nSPS) is 13.2. The highest BCUT2D eigenvalue weighted by molar-refractivity contribution is 5.83. The van der Waals surface area contributed by atoms with E-state index in [0.29, 0.717) is 0 Å². The van der Waals surface area contributed by atoms with Crippen molar-refractivity contribution < 1.29 is 9.90 Å². The van der Waals surface area contributed by atoms with Gasteiger partial charge in [-0.15, -0.1) is 0 Å². The summed E-state index contributed by atoms with van der Waals surface area (Å²) in [5, 5.41) is 9.74. The monoisotopic (exact) mass is 250 g/mol. The maximum Gasteiger partial charge on any atom is 0.231 e. The van der Waals surface area contributed by atoms with Crippen LogP contribution in [0.1, 0.15) is 25.3 Å². The van der Waals surface area contributed by atoms with E-state index in [-0.39, 0.29) is 24.9 Å². The zero-order chi connectivity index (χ0) is 13.8. The Morgan fingerprint density at radius 3 is 2.39 bits per heavy atom. The number of likely N-dealkylation sites (N-methyl/N-ethyl adjacent to an activating group) is 1. The van der Waals surface area contributed by atoms with E-state index >= 15 is 0 Å². The molecule has 1 aromatic rings. The maximum absolute atomic E-state index is 12.3. The standard InChI is InChI=1S/C14H22N2O2/c1-14(2,18)10-16(3)13(17)12(9-15)11-7-5-4-6-8-11/h4-8,12,18H,9-10,15H2,1-3H3. The van der Waals surface area contributed by atoms with Gasteiger partial charge in [0.1, 0.15) is 0 Å². The molecule has 18 heavy (non-hydrogen) atoms. The number of nitrogens with two attached hydrogens (primary N) is 1. The van der Waals surface area contributed by atoms with E-state index in [9.17, 15) is 9.90 Å². The molecule has 0 radical (unpaired) electrons. The molecule has 0 aliphatic carbocycles. The first-order valence-corrected chi connectivity index (χ1v) is 6.07. The van der Waals surface area contributed by atoms with E-state index in [0.717, 1.165) is 5.56 Å². The zero-order valence-electron chi connectivity index (χ0n) is 11.3. The van der Waals surface area contributed by atoms with Crippen molar-refractivity contribution in [2.24, 2.45) is 5.73 Å². The molecule has 0 aromatic heterocycles. The van der Waals surface area contributed by atoms with Gasteiger partial charge in [0.15, 0.2) is 0 Å². The van der Waals surface area contributed by atoms with Crippen LogP contribution in [-0.2, 0) is 4.79 Å². The van der Waals surface area contributed by atoms with Gasteiger partial charge in [-0.25, -0.2) is 0 Å². The lowest BCUT2D eigenvalue weighted by atomic mass is 9.97. The van der Waals surface area contributed by atoms with Crippen molar-refractivity contribution in [3.05, 3.63) is 35.9 Å². The minimum absolute atomic E-state index is 0.0641. The highest BCUT2D eigenvalue weighted by atomic mass is 16.3. The second-order valence-electron chi connectivity index (χ2n) is 5.21. The molecule has 0 fully saturated rings. The van der Waals surface area contributed by atoms with Gasteiger partial charge in [-0.3, -0.25) is 4.79 Å². The third-order valence-corrected chi connectivity index (χ3v) is 2.74. The van der Waals surface area contributed by atoms with Gasteiger partial charge in [0.25, 0.3) is 0 Å². The first kappa shape index (κ1) is 14.7. The third kappa shape index (κ3) is 4.13. The van der Waals surface area contributed by atoms with Crippen LogP contribution in [0.25, 0.3) is 0 Å². The predicted octanol–water partition coefficient (Wildman–Crippen LogP) is 0.958. The molecule has 1 unspecified atom stereocenters. The molecule has 1 rings (SSSR count). The molecule has 0 heterocycles. The Morgan fingerprint density at radius 2 is 1.94 bits per heavy atom. The van der Waals surface area contributed by atoms with Crippen LogP contribution in [-0.4, -0.2) is 41.7 Å².